The fraction of sp³-hybridized carbons (Fsp3) is 0.500. The summed E-state index contributed by atoms with van der Waals surface area (Å²) in [5.74, 6) is 1.41. The molecule has 0 aromatic heterocycles. The minimum atomic E-state index is 0.0204. The molecular weight excluding hydrogens is 309 g/mol. The van der Waals surface area contributed by atoms with Crippen molar-refractivity contribution in [2.45, 2.75) is 39.8 Å². The zero-order valence-electron chi connectivity index (χ0n) is 13.0. The molecule has 0 amide bonds. The van der Waals surface area contributed by atoms with E-state index in [9.17, 15) is 0 Å². The second-order valence-corrected chi connectivity index (χ2v) is 6.33. The van der Waals surface area contributed by atoms with Crippen LogP contribution in [0, 0.1) is 0 Å². The smallest absolute Gasteiger partial charge is 0.166 e. The van der Waals surface area contributed by atoms with Crippen LogP contribution in [0.15, 0.2) is 28.8 Å². The molecule has 21 heavy (non-hydrogen) atoms. The highest BCUT2D eigenvalue weighted by Crippen LogP contribution is 2.32. The van der Waals surface area contributed by atoms with Gasteiger partial charge in [0.2, 0.25) is 0 Å². The molecule has 0 saturated heterocycles. The first-order valence-corrected chi connectivity index (χ1v) is 7.76. The third-order valence-corrected chi connectivity index (χ3v) is 3.24. The highest BCUT2D eigenvalue weighted by atomic mass is 35.5. The summed E-state index contributed by atoms with van der Waals surface area (Å²) in [6.45, 7) is 9.77. The van der Waals surface area contributed by atoms with Crippen LogP contribution in [0.3, 0.4) is 0 Å². The Balaban J connectivity index is 2.96. The minimum Gasteiger partial charge on any atom is -0.490 e. The Morgan fingerprint density at radius 3 is 2.57 bits per heavy atom. The van der Waals surface area contributed by atoms with Crippen LogP contribution in [0.5, 0.6) is 11.5 Å². The van der Waals surface area contributed by atoms with Crippen molar-refractivity contribution in [1.82, 2.24) is 5.32 Å². The number of benzene rings is 1. The Hall–Kier alpha value is -0.900. The fourth-order valence-electron chi connectivity index (χ4n) is 1.67. The molecule has 1 aromatic rings. The van der Waals surface area contributed by atoms with Crippen molar-refractivity contribution in [3.05, 3.63) is 34.3 Å². The van der Waals surface area contributed by atoms with Crippen LogP contribution >= 0.6 is 23.2 Å². The SMILES string of the molecule is CCOc1cccc(CNC(C)(C)C)c1OCC(Cl)=CCl. The number of ether oxygens (including phenoxy) is 2. The Bertz CT molecular complexity index is 482. The van der Waals surface area contributed by atoms with Gasteiger partial charge in [0.15, 0.2) is 11.5 Å². The van der Waals surface area contributed by atoms with Gasteiger partial charge in [0, 0.05) is 23.2 Å². The summed E-state index contributed by atoms with van der Waals surface area (Å²) in [6.07, 6.45) is 0. The van der Waals surface area contributed by atoms with Gasteiger partial charge in [-0.15, -0.1) is 0 Å². The molecule has 0 aliphatic carbocycles. The summed E-state index contributed by atoms with van der Waals surface area (Å²) in [5.41, 5.74) is 2.35. The molecule has 0 spiro atoms. The van der Waals surface area contributed by atoms with Crippen LogP contribution in [0.4, 0.5) is 0 Å². The first kappa shape index (κ1) is 18.1. The summed E-state index contributed by atoms with van der Waals surface area (Å²) >= 11 is 11.5. The molecule has 1 aromatic carbocycles. The van der Waals surface area contributed by atoms with E-state index in [1.165, 1.54) is 5.54 Å². The van der Waals surface area contributed by atoms with E-state index in [0.717, 1.165) is 5.56 Å². The van der Waals surface area contributed by atoms with Crippen molar-refractivity contribution in [1.29, 1.82) is 0 Å². The maximum atomic E-state index is 5.89. The number of nitrogens with one attached hydrogen (secondary N) is 1. The normalized spacial score (nSPS) is 12.4. The van der Waals surface area contributed by atoms with E-state index >= 15 is 0 Å². The number of hydrogen-bond acceptors (Lipinski definition) is 3. The largest absolute Gasteiger partial charge is 0.490 e. The zero-order chi connectivity index (χ0) is 15.9. The highest BCUT2D eigenvalue weighted by Gasteiger charge is 2.14. The summed E-state index contributed by atoms with van der Waals surface area (Å²) in [6, 6.07) is 5.85. The van der Waals surface area contributed by atoms with E-state index < -0.39 is 0 Å². The molecule has 118 valence electrons. The van der Waals surface area contributed by atoms with Gasteiger partial charge >= 0.3 is 0 Å². The molecule has 0 aliphatic rings. The summed E-state index contributed by atoms with van der Waals surface area (Å²) in [7, 11) is 0. The van der Waals surface area contributed by atoms with Crippen molar-refractivity contribution in [2.75, 3.05) is 13.2 Å². The van der Waals surface area contributed by atoms with Gasteiger partial charge in [-0.1, -0.05) is 35.3 Å². The van der Waals surface area contributed by atoms with Crippen LogP contribution in [-0.2, 0) is 6.54 Å². The molecule has 0 bridgehead atoms. The highest BCUT2D eigenvalue weighted by molar-refractivity contribution is 6.36. The van der Waals surface area contributed by atoms with Gasteiger partial charge in [-0.05, 0) is 33.8 Å². The van der Waals surface area contributed by atoms with E-state index in [0.29, 0.717) is 29.7 Å². The lowest BCUT2D eigenvalue weighted by Crippen LogP contribution is -2.35. The molecule has 0 fully saturated rings. The monoisotopic (exact) mass is 331 g/mol. The van der Waals surface area contributed by atoms with Gasteiger partial charge in [0.25, 0.3) is 0 Å². The van der Waals surface area contributed by atoms with Crippen LogP contribution in [0.2, 0.25) is 0 Å². The Morgan fingerprint density at radius 2 is 2.00 bits per heavy atom. The third kappa shape index (κ3) is 6.60. The molecule has 0 heterocycles. The fourth-order valence-corrected chi connectivity index (χ4v) is 1.78. The minimum absolute atomic E-state index is 0.0204. The van der Waals surface area contributed by atoms with Crippen LogP contribution in [0.25, 0.3) is 0 Å². The Kier molecular flexibility index (Phi) is 7.36. The number of halogens is 2. The first-order valence-electron chi connectivity index (χ1n) is 6.94. The number of rotatable bonds is 7. The lowest BCUT2D eigenvalue weighted by atomic mass is 10.1. The summed E-state index contributed by atoms with van der Waals surface area (Å²) in [4.78, 5) is 0. The quantitative estimate of drug-likeness (QED) is 0.787. The molecule has 0 unspecified atom stereocenters. The molecule has 1 N–H and O–H groups in total. The molecule has 0 aliphatic heterocycles. The average molecular weight is 332 g/mol. The summed E-state index contributed by atoms with van der Waals surface area (Å²) < 4.78 is 11.4. The second kappa shape index (κ2) is 8.52. The van der Waals surface area contributed by atoms with Gasteiger partial charge in [0.05, 0.1) is 11.6 Å². The van der Waals surface area contributed by atoms with Gasteiger partial charge in [-0.2, -0.15) is 0 Å². The van der Waals surface area contributed by atoms with Crippen molar-refractivity contribution < 1.29 is 9.47 Å². The first-order chi connectivity index (χ1) is 9.87. The summed E-state index contributed by atoms with van der Waals surface area (Å²) in [5, 5.41) is 3.88. The van der Waals surface area contributed by atoms with E-state index in [1.54, 1.807) is 0 Å². The molecular formula is C16H23Cl2NO2. The van der Waals surface area contributed by atoms with Crippen LogP contribution < -0.4 is 14.8 Å². The van der Waals surface area contributed by atoms with Crippen molar-refractivity contribution in [2.24, 2.45) is 0 Å². The maximum Gasteiger partial charge on any atom is 0.166 e. The lowest BCUT2D eigenvalue weighted by Gasteiger charge is -2.22. The van der Waals surface area contributed by atoms with Gasteiger partial charge < -0.3 is 14.8 Å². The van der Waals surface area contributed by atoms with E-state index in [4.69, 9.17) is 32.7 Å². The van der Waals surface area contributed by atoms with Gasteiger partial charge in [0.1, 0.15) is 6.61 Å². The number of para-hydroxylation sites is 1. The van der Waals surface area contributed by atoms with Crippen LogP contribution in [0.1, 0.15) is 33.3 Å². The predicted octanol–water partition coefficient (Wildman–Crippen LogP) is 4.67. The van der Waals surface area contributed by atoms with Crippen LogP contribution in [-0.4, -0.2) is 18.8 Å². The Morgan fingerprint density at radius 1 is 1.29 bits per heavy atom. The molecule has 1 rings (SSSR count). The maximum absolute atomic E-state index is 5.89. The molecule has 3 nitrogen and oxygen atoms in total. The average Bonchev–Trinajstić information content (AvgIpc) is 2.43. The molecule has 0 atom stereocenters. The van der Waals surface area contributed by atoms with E-state index in [1.807, 2.05) is 25.1 Å². The van der Waals surface area contributed by atoms with E-state index in [-0.39, 0.29) is 12.1 Å². The lowest BCUT2D eigenvalue weighted by molar-refractivity contribution is 0.291. The predicted molar refractivity (Wildman–Crippen MR) is 89.5 cm³/mol. The number of hydrogen-bond donors (Lipinski definition) is 1. The molecule has 5 heteroatoms. The van der Waals surface area contributed by atoms with Crippen molar-refractivity contribution >= 4 is 23.2 Å². The second-order valence-electron chi connectivity index (χ2n) is 5.63. The standard InChI is InChI=1S/C16H23Cl2NO2/c1-5-20-14-8-6-7-12(10-19-16(2,3)4)15(14)21-11-13(18)9-17/h6-9,19H,5,10-11H2,1-4H3. The molecule has 0 radical (unpaired) electrons. The Labute approximate surface area is 137 Å². The van der Waals surface area contributed by atoms with E-state index in [2.05, 4.69) is 26.1 Å². The third-order valence-electron chi connectivity index (χ3n) is 2.64. The van der Waals surface area contributed by atoms with Gasteiger partial charge in [-0.3, -0.25) is 0 Å². The molecule has 0 saturated carbocycles. The van der Waals surface area contributed by atoms with Crippen molar-refractivity contribution in [3.63, 3.8) is 0 Å². The topological polar surface area (TPSA) is 30.5 Å². The van der Waals surface area contributed by atoms with Crippen molar-refractivity contribution in [3.8, 4) is 11.5 Å². The van der Waals surface area contributed by atoms with Gasteiger partial charge in [-0.25, -0.2) is 0 Å². The zero-order valence-corrected chi connectivity index (χ0v) is 14.5.